The van der Waals surface area contributed by atoms with Crippen molar-refractivity contribution in [2.75, 3.05) is 0 Å². The first-order chi connectivity index (χ1) is 12.8. The number of aromatic nitrogens is 2. The molecule has 1 aromatic heterocycles. The highest BCUT2D eigenvalue weighted by Gasteiger charge is 2.23. The normalized spacial score (nSPS) is 11.0. The lowest BCUT2D eigenvalue weighted by molar-refractivity contribution is 0.282. The van der Waals surface area contributed by atoms with Crippen molar-refractivity contribution in [2.24, 2.45) is 0 Å². The molecular weight excluding hydrogens is 324 g/mol. The molecule has 128 valence electrons. The van der Waals surface area contributed by atoms with Crippen molar-refractivity contribution in [1.29, 1.82) is 0 Å². The van der Waals surface area contributed by atoms with Gasteiger partial charge >= 0.3 is 0 Å². The van der Waals surface area contributed by atoms with Crippen molar-refractivity contribution in [3.8, 4) is 11.5 Å². The van der Waals surface area contributed by atoms with E-state index < -0.39 is 0 Å². The van der Waals surface area contributed by atoms with Gasteiger partial charge in [0.25, 0.3) is 0 Å². The van der Waals surface area contributed by atoms with Gasteiger partial charge in [0.2, 0.25) is 11.8 Å². The number of nitrogens with zero attached hydrogens (tertiary/aromatic N) is 2. The van der Waals surface area contributed by atoms with Crippen molar-refractivity contribution >= 4 is 0 Å². The van der Waals surface area contributed by atoms with Crippen molar-refractivity contribution in [3.05, 3.63) is 108 Å². The fraction of sp³-hybridized carbons (Fsp3) is 0.0909. The first-order valence-corrected chi connectivity index (χ1v) is 8.48. The fourth-order valence-electron chi connectivity index (χ4n) is 2.99. The Hall–Kier alpha value is -3.24. The lowest BCUT2D eigenvalue weighted by Gasteiger charge is -2.13. The molecule has 0 fully saturated rings. The molecule has 4 rings (SSSR count). The van der Waals surface area contributed by atoms with E-state index in [-0.39, 0.29) is 12.5 Å². The third-order valence-corrected chi connectivity index (χ3v) is 4.34. The van der Waals surface area contributed by atoms with E-state index in [9.17, 15) is 5.11 Å². The van der Waals surface area contributed by atoms with Crippen molar-refractivity contribution in [1.82, 2.24) is 10.2 Å². The van der Waals surface area contributed by atoms with Crippen LogP contribution >= 0.6 is 0 Å². The molecule has 4 aromatic rings. The molecule has 0 aliphatic rings. The van der Waals surface area contributed by atoms with Crippen LogP contribution in [0.2, 0.25) is 0 Å². The van der Waals surface area contributed by atoms with Crippen LogP contribution in [0, 0.1) is 0 Å². The molecule has 0 saturated carbocycles. The van der Waals surface area contributed by atoms with Crippen LogP contribution in [0.5, 0.6) is 0 Å². The van der Waals surface area contributed by atoms with Gasteiger partial charge in [-0.3, -0.25) is 0 Å². The van der Waals surface area contributed by atoms with E-state index in [4.69, 9.17) is 4.42 Å². The van der Waals surface area contributed by atoms with Crippen LogP contribution < -0.4 is 0 Å². The molecule has 26 heavy (non-hydrogen) atoms. The summed E-state index contributed by atoms with van der Waals surface area (Å²) in [7, 11) is 0. The minimum Gasteiger partial charge on any atom is -0.420 e. The van der Waals surface area contributed by atoms with E-state index in [1.54, 1.807) is 0 Å². The number of aliphatic hydroxyl groups excluding tert-OH is 1. The predicted molar refractivity (Wildman–Crippen MR) is 99.5 cm³/mol. The smallest absolute Gasteiger partial charge is 0.247 e. The highest BCUT2D eigenvalue weighted by molar-refractivity contribution is 5.53. The molecule has 1 heterocycles. The summed E-state index contributed by atoms with van der Waals surface area (Å²) in [6.45, 7) is 0.0133. The summed E-state index contributed by atoms with van der Waals surface area (Å²) < 4.78 is 6.03. The number of hydrogen-bond acceptors (Lipinski definition) is 4. The monoisotopic (exact) mass is 342 g/mol. The van der Waals surface area contributed by atoms with Crippen molar-refractivity contribution in [3.63, 3.8) is 0 Å². The summed E-state index contributed by atoms with van der Waals surface area (Å²) in [5.74, 6) is 0.917. The van der Waals surface area contributed by atoms with Crippen LogP contribution in [-0.4, -0.2) is 15.3 Å². The van der Waals surface area contributed by atoms with E-state index in [1.165, 1.54) is 0 Å². The molecule has 0 atom stereocenters. The van der Waals surface area contributed by atoms with Gasteiger partial charge in [-0.2, -0.15) is 0 Å². The SMILES string of the molecule is OCc1ccc(-c2nnc(C(c3ccccc3)c3ccccc3)o2)cc1. The minimum atomic E-state index is -0.115. The molecule has 3 aromatic carbocycles. The van der Waals surface area contributed by atoms with Crippen LogP contribution in [-0.2, 0) is 6.61 Å². The zero-order valence-electron chi connectivity index (χ0n) is 14.1. The number of rotatable bonds is 5. The standard InChI is InChI=1S/C22H18N2O2/c25-15-16-11-13-19(14-12-16)21-23-24-22(26-21)20(17-7-3-1-4-8-17)18-9-5-2-6-10-18/h1-14,20,25H,15H2. The van der Waals surface area contributed by atoms with Gasteiger partial charge in [0, 0.05) is 5.56 Å². The summed E-state index contributed by atoms with van der Waals surface area (Å²) in [5.41, 5.74) is 3.88. The maximum Gasteiger partial charge on any atom is 0.247 e. The van der Waals surface area contributed by atoms with Gasteiger partial charge in [-0.15, -0.1) is 10.2 Å². The molecular formula is C22H18N2O2. The highest BCUT2D eigenvalue weighted by atomic mass is 16.4. The third-order valence-electron chi connectivity index (χ3n) is 4.34. The Balaban J connectivity index is 1.74. The number of benzene rings is 3. The van der Waals surface area contributed by atoms with Crippen molar-refractivity contribution < 1.29 is 9.52 Å². The second-order valence-electron chi connectivity index (χ2n) is 6.05. The Morgan fingerprint density at radius 1 is 0.731 bits per heavy atom. The molecule has 0 bridgehead atoms. The van der Waals surface area contributed by atoms with E-state index in [0.717, 1.165) is 22.3 Å². The molecule has 0 aliphatic heterocycles. The molecule has 0 radical (unpaired) electrons. The zero-order chi connectivity index (χ0) is 17.8. The molecule has 0 aliphatic carbocycles. The van der Waals surface area contributed by atoms with Crippen LogP contribution in [0.3, 0.4) is 0 Å². The lowest BCUT2D eigenvalue weighted by Crippen LogP contribution is -2.03. The maximum atomic E-state index is 9.18. The van der Waals surface area contributed by atoms with Gasteiger partial charge in [-0.05, 0) is 28.8 Å². The van der Waals surface area contributed by atoms with E-state index in [1.807, 2.05) is 60.7 Å². The molecule has 0 amide bonds. The predicted octanol–water partition coefficient (Wildman–Crippen LogP) is 4.41. The molecule has 4 nitrogen and oxygen atoms in total. The van der Waals surface area contributed by atoms with Crippen LogP contribution in [0.25, 0.3) is 11.5 Å². The summed E-state index contributed by atoms with van der Waals surface area (Å²) >= 11 is 0. The van der Waals surface area contributed by atoms with Crippen LogP contribution in [0.15, 0.2) is 89.3 Å². The van der Waals surface area contributed by atoms with Gasteiger partial charge in [0.05, 0.1) is 12.5 Å². The summed E-state index contributed by atoms with van der Waals surface area (Å²) in [6.07, 6.45) is 0. The van der Waals surface area contributed by atoms with Gasteiger partial charge in [-0.1, -0.05) is 72.8 Å². The van der Waals surface area contributed by atoms with Crippen LogP contribution in [0.4, 0.5) is 0 Å². The van der Waals surface area contributed by atoms with E-state index in [0.29, 0.717) is 11.8 Å². The number of aliphatic hydroxyl groups is 1. The quantitative estimate of drug-likeness (QED) is 0.584. The second kappa shape index (κ2) is 7.33. The first-order valence-electron chi connectivity index (χ1n) is 8.48. The van der Waals surface area contributed by atoms with Crippen molar-refractivity contribution in [2.45, 2.75) is 12.5 Å². The maximum absolute atomic E-state index is 9.18. The van der Waals surface area contributed by atoms with E-state index >= 15 is 0 Å². The van der Waals surface area contributed by atoms with E-state index in [2.05, 4.69) is 34.5 Å². The average Bonchev–Trinajstić information content (AvgIpc) is 3.19. The first kappa shape index (κ1) is 16.2. The molecule has 0 spiro atoms. The molecule has 0 saturated heterocycles. The Labute approximate surface area is 151 Å². The van der Waals surface area contributed by atoms with Gasteiger partial charge in [0.15, 0.2) is 0 Å². The largest absolute Gasteiger partial charge is 0.420 e. The second-order valence-corrected chi connectivity index (χ2v) is 6.05. The summed E-state index contributed by atoms with van der Waals surface area (Å²) in [4.78, 5) is 0. The average molecular weight is 342 g/mol. The Kier molecular flexibility index (Phi) is 4.58. The minimum absolute atomic E-state index is 0.0133. The Morgan fingerprint density at radius 2 is 1.31 bits per heavy atom. The topological polar surface area (TPSA) is 59.2 Å². The summed E-state index contributed by atoms with van der Waals surface area (Å²) in [5, 5.41) is 17.7. The lowest BCUT2D eigenvalue weighted by atomic mass is 9.91. The van der Waals surface area contributed by atoms with Gasteiger partial charge in [-0.25, -0.2) is 0 Å². The molecule has 1 N–H and O–H groups in total. The number of hydrogen-bond donors (Lipinski definition) is 1. The Morgan fingerprint density at radius 3 is 1.85 bits per heavy atom. The summed E-state index contributed by atoms with van der Waals surface area (Å²) in [6, 6.07) is 27.8. The van der Waals surface area contributed by atoms with Gasteiger partial charge < -0.3 is 9.52 Å². The molecule has 4 heteroatoms. The zero-order valence-corrected chi connectivity index (χ0v) is 14.1. The highest BCUT2D eigenvalue weighted by Crippen LogP contribution is 2.32. The van der Waals surface area contributed by atoms with Crippen LogP contribution in [0.1, 0.15) is 28.5 Å². The fourth-order valence-corrected chi connectivity index (χ4v) is 2.99. The third kappa shape index (κ3) is 3.27. The Bertz CT molecular complexity index is 924. The molecule has 0 unspecified atom stereocenters. The van der Waals surface area contributed by atoms with Gasteiger partial charge in [0.1, 0.15) is 0 Å².